The van der Waals surface area contributed by atoms with Gasteiger partial charge in [0.05, 0.1) is 20.8 Å². The topological polar surface area (TPSA) is 94.6 Å². The average Bonchev–Trinajstić information content (AvgIpc) is 3.21. The van der Waals surface area contributed by atoms with Crippen LogP contribution in [0.2, 0.25) is 0 Å². The van der Waals surface area contributed by atoms with Crippen LogP contribution in [0.5, 0.6) is 17.2 Å². The van der Waals surface area contributed by atoms with E-state index in [1.807, 2.05) is 24.3 Å². The molecular formula is C20H22N4O4S2. The average molecular weight is 447 g/mol. The van der Waals surface area contributed by atoms with Crippen molar-refractivity contribution in [1.29, 1.82) is 0 Å². The van der Waals surface area contributed by atoms with Gasteiger partial charge in [-0.3, -0.25) is 5.32 Å². The zero-order valence-electron chi connectivity index (χ0n) is 16.6. The molecule has 0 unspecified atom stereocenters. The highest BCUT2D eigenvalue weighted by atomic mass is 32.2. The van der Waals surface area contributed by atoms with Crippen molar-refractivity contribution in [3.63, 3.8) is 0 Å². The third-order valence-corrected chi connectivity index (χ3v) is 5.75. The number of urea groups is 1. The van der Waals surface area contributed by atoms with Gasteiger partial charge in [-0.1, -0.05) is 17.4 Å². The molecule has 2 amide bonds. The second-order valence-corrected chi connectivity index (χ2v) is 8.06. The van der Waals surface area contributed by atoms with Crippen molar-refractivity contribution in [2.75, 3.05) is 37.2 Å². The number of hydrogen-bond acceptors (Lipinski definition) is 8. The second kappa shape index (κ2) is 11.3. The molecule has 0 aliphatic heterocycles. The summed E-state index contributed by atoms with van der Waals surface area (Å²) in [6, 6.07) is 14.2. The number of methoxy groups -OCH3 is 2. The molecule has 1 heterocycles. The van der Waals surface area contributed by atoms with Gasteiger partial charge in [-0.25, -0.2) is 4.79 Å². The summed E-state index contributed by atoms with van der Waals surface area (Å²) >= 11 is 3.03. The lowest BCUT2D eigenvalue weighted by molar-refractivity contribution is 0.262. The molecule has 0 aliphatic carbocycles. The smallest absolute Gasteiger partial charge is 0.325 e. The maximum Gasteiger partial charge on any atom is 0.325 e. The summed E-state index contributed by atoms with van der Waals surface area (Å²) < 4.78 is 15.9. The van der Waals surface area contributed by atoms with Gasteiger partial charge in [0, 0.05) is 23.3 Å². The SMILES string of the molecule is COc1ccc(OCCSCc2nnc(NC(=O)Nc3cccc(OC)c3)s2)cc1. The summed E-state index contributed by atoms with van der Waals surface area (Å²) in [5, 5.41) is 14.8. The minimum atomic E-state index is -0.383. The molecule has 0 aliphatic rings. The van der Waals surface area contributed by atoms with Gasteiger partial charge in [0.15, 0.2) is 0 Å². The molecule has 10 heteroatoms. The highest BCUT2D eigenvalue weighted by Crippen LogP contribution is 2.22. The van der Waals surface area contributed by atoms with Gasteiger partial charge >= 0.3 is 6.03 Å². The molecule has 0 saturated carbocycles. The number of aromatic nitrogens is 2. The summed E-state index contributed by atoms with van der Waals surface area (Å²) in [7, 11) is 3.21. The monoisotopic (exact) mass is 446 g/mol. The van der Waals surface area contributed by atoms with Crippen LogP contribution in [0, 0.1) is 0 Å². The number of rotatable bonds is 10. The molecule has 0 radical (unpaired) electrons. The number of anilines is 2. The van der Waals surface area contributed by atoms with E-state index in [-0.39, 0.29) is 6.03 Å². The molecule has 0 spiro atoms. The summed E-state index contributed by atoms with van der Waals surface area (Å²) in [6.45, 7) is 0.587. The quantitative estimate of drug-likeness (QED) is 0.442. The lowest BCUT2D eigenvalue weighted by Gasteiger charge is -2.06. The summed E-state index contributed by atoms with van der Waals surface area (Å²) in [5.41, 5.74) is 0.629. The van der Waals surface area contributed by atoms with E-state index in [1.54, 1.807) is 50.2 Å². The number of carbonyl (C=O) groups is 1. The number of benzene rings is 2. The van der Waals surface area contributed by atoms with Crippen LogP contribution in [0.1, 0.15) is 5.01 Å². The summed E-state index contributed by atoms with van der Waals surface area (Å²) in [4.78, 5) is 12.1. The van der Waals surface area contributed by atoms with Gasteiger partial charge in [0.2, 0.25) is 5.13 Å². The molecule has 0 bridgehead atoms. The molecule has 1 aromatic heterocycles. The summed E-state index contributed by atoms with van der Waals surface area (Å²) in [6.07, 6.45) is 0. The Morgan fingerprint density at radius 1 is 1.00 bits per heavy atom. The van der Waals surface area contributed by atoms with E-state index >= 15 is 0 Å². The molecule has 8 nitrogen and oxygen atoms in total. The predicted octanol–water partition coefficient (Wildman–Crippen LogP) is 4.51. The third kappa shape index (κ3) is 6.82. The number of nitrogens with one attached hydrogen (secondary N) is 2. The Morgan fingerprint density at radius 2 is 1.77 bits per heavy atom. The fourth-order valence-corrected chi connectivity index (χ4v) is 3.97. The molecule has 2 aromatic carbocycles. The van der Waals surface area contributed by atoms with E-state index in [9.17, 15) is 4.79 Å². The Labute approximate surface area is 183 Å². The van der Waals surface area contributed by atoms with Crippen molar-refractivity contribution in [2.45, 2.75) is 5.75 Å². The van der Waals surface area contributed by atoms with Crippen molar-refractivity contribution in [3.05, 3.63) is 53.5 Å². The van der Waals surface area contributed by atoms with Gasteiger partial charge in [-0.05, 0) is 36.4 Å². The van der Waals surface area contributed by atoms with E-state index in [1.165, 1.54) is 11.3 Å². The first kappa shape index (κ1) is 21.7. The van der Waals surface area contributed by atoms with Crippen LogP contribution in [0.25, 0.3) is 0 Å². The van der Waals surface area contributed by atoms with Crippen LogP contribution in [-0.2, 0) is 5.75 Å². The third-order valence-electron chi connectivity index (χ3n) is 3.80. The Balaban J connectivity index is 1.36. The van der Waals surface area contributed by atoms with Gasteiger partial charge < -0.3 is 19.5 Å². The highest BCUT2D eigenvalue weighted by molar-refractivity contribution is 7.98. The molecule has 3 rings (SSSR count). The maximum atomic E-state index is 12.1. The zero-order chi connectivity index (χ0) is 21.2. The number of amides is 2. The standard InChI is InChI=1S/C20H22N4O4S2/c1-26-15-6-8-16(9-7-15)28-10-11-29-13-18-23-24-20(30-18)22-19(25)21-14-4-3-5-17(12-14)27-2/h3-9,12H,10-11,13H2,1-2H3,(H2,21,22,24,25). The van der Waals surface area contributed by atoms with Crippen molar-refractivity contribution >= 4 is 39.9 Å². The molecular weight excluding hydrogens is 424 g/mol. The van der Waals surface area contributed by atoms with Crippen molar-refractivity contribution in [2.24, 2.45) is 0 Å². The van der Waals surface area contributed by atoms with Gasteiger partial charge in [-0.15, -0.1) is 10.2 Å². The molecule has 2 N–H and O–H groups in total. The van der Waals surface area contributed by atoms with Crippen LogP contribution in [0.15, 0.2) is 48.5 Å². The van der Waals surface area contributed by atoms with Crippen molar-refractivity contribution in [1.82, 2.24) is 10.2 Å². The van der Waals surface area contributed by atoms with Crippen LogP contribution in [0.3, 0.4) is 0 Å². The highest BCUT2D eigenvalue weighted by Gasteiger charge is 2.09. The minimum Gasteiger partial charge on any atom is -0.497 e. The van der Waals surface area contributed by atoms with Crippen LogP contribution in [-0.4, -0.2) is 42.8 Å². The number of thioether (sulfide) groups is 1. The number of hydrogen-bond donors (Lipinski definition) is 2. The first-order chi connectivity index (χ1) is 14.7. The lowest BCUT2D eigenvalue weighted by atomic mass is 10.3. The van der Waals surface area contributed by atoms with Gasteiger partial charge in [0.25, 0.3) is 0 Å². The van der Waals surface area contributed by atoms with Crippen LogP contribution >= 0.6 is 23.1 Å². The molecule has 0 fully saturated rings. The minimum absolute atomic E-state index is 0.383. The number of ether oxygens (including phenoxy) is 3. The Kier molecular flexibility index (Phi) is 8.16. The largest absolute Gasteiger partial charge is 0.497 e. The molecule has 0 saturated heterocycles. The van der Waals surface area contributed by atoms with Crippen molar-refractivity contribution < 1.29 is 19.0 Å². The maximum absolute atomic E-state index is 12.1. The molecule has 158 valence electrons. The molecule has 30 heavy (non-hydrogen) atoms. The molecule has 3 aromatic rings. The first-order valence-electron chi connectivity index (χ1n) is 9.05. The van der Waals surface area contributed by atoms with E-state index < -0.39 is 0 Å². The zero-order valence-corrected chi connectivity index (χ0v) is 18.2. The summed E-state index contributed by atoms with van der Waals surface area (Å²) in [5.74, 6) is 3.78. The van der Waals surface area contributed by atoms with Crippen molar-refractivity contribution in [3.8, 4) is 17.2 Å². The van der Waals surface area contributed by atoms with E-state index in [0.29, 0.717) is 28.9 Å². The van der Waals surface area contributed by atoms with E-state index in [2.05, 4.69) is 20.8 Å². The van der Waals surface area contributed by atoms with Gasteiger partial charge in [-0.2, -0.15) is 11.8 Å². The second-order valence-electron chi connectivity index (χ2n) is 5.89. The fraction of sp³-hybridized carbons (Fsp3) is 0.250. The normalized spacial score (nSPS) is 10.3. The van der Waals surface area contributed by atoms with Crippen LogP contribution < -0.4 is 24.8 Å². The lowest BCUT2D eigenvalue weighted by Crippen LogP contribution is -2.19. The van der Waals surface area contributed by atoms with E-state index in [4.69, 9.17) is 14.2 Å². The van der Waals surface area contributed by atoms with Crippen LogP contribution in [0.4, 0.5) is 15.6 Å². The fourth-order valence-electron chi connectivity index (χ4n) is 2.37. The first-order valence-corrected chi connectivity index (χ1v) is 11.0. The van der Waals surface area contributed by atoms with Gasteiger partial charge in [0.1, 0.15) is 22.3 Å². The Morgan fingerprint density at radius 3 is 2.53 bits per heavy atom. The Hall–Kier alpha value is -2.98. The number of nitrogens with zero attached hydrogens (tertiary/aromatic N) is 2. The van der Waals surface area contributed by atoms with E-state index in [0.717, 1.165) is 22.3 Å². The number of carbonyl (C=O) groups excluding carboxylic acids is 1. The predicted molar refractivity (Wildman–Crippen MR) is 120 cm³/mol. The Bertz CT molecular complexity index is 950. The molecule has 0 atom stereocenters.